The second-order valence-electron chi connectivity index (χ2n) is 6.43. The van der Waals surface area contributed by atoms with Crippen LogP contribution in [0.3, 0.4) is 0 Å². The van der Waals surface area contributed by atoms with E-state index in [1.54, 1.807) is 4.90 Å². The lowest BCUT2D eigenvalue weighted by Gasteiger charge is -2.21. The first kappa shape index (κ1) is 18.3. The van der Waals surface area contributed by atoms with E-state index in [1.165, 1.54) is 12.4 Å². The maximum Gasteiger partial charge on any atom is 0.261 e. The molecule has 1 aliphatic heterocycles. The summed E-state index contributed by atoms with van der Waals surface area (Å²) in [6, 6.07) is 7.57. The summed E-state index contributed by atoms with van der Waals surface area (Å²) in [4.78, 5) is 22.8. The second-order valence-corrected chi connectivity index (χ2v) is 8.66. The van der Waals surface area contributed by atoms with Gasteiger partial charge in [0.05, 0.1) is 17.1 Å². The van der Waals surface area contributed by atoms with E-state index in [4.69, 9.17) is 0 Å². The largest absolute Gasteiger partial charge is 0.350 e. The Labute approximate surface area is 153 Å². The number of anilines is 2. The third kappa shape index (κ3) is 4.19. The van der Waals surface area contributed by atoms with Gasteiger partial charge < -0.3 is 10.2 Å². The Hall–Kier alpha value is -2.48. The molecule has 7 nitrogen and oxygen atoms in total. The van der Waals surface area contributed by atoms with Crippen LogP contribution < -0.4 is 10.2 Å². The zero-order valence-electron chi connectivity index (χ0n) is 14.8. The van der Waals surface area contributed by atoms with Crippen molar-refractivity contribution in [1.82, 2.24) is 9.97 Å². The Balaban J connectivity index is 1.72. The highest BCUT2D eigenvalue weighted by molar-refractivity contribution is 7.91. The molecule has 1 N–H and O–H groups in total. The van der Waals surface area contributed by atoms with Crippen molar-refractivity contribution in [3.8, 4) is 0 Å². The van der Waals surface area contributed by atoms with Crippen LogP contribution in [0.2, 0.25) is 0 Å². The van der Waals surface area contributed by atoms with Gasteiger partial charge in [-0.1, -0.05) is 12.1 Å². The number of aromatic nitrogens is 2. The third-order valence-corrected chi connectivity index (χ3v) is 6.11. The first-order chi connectivity index (χ1) is 12.4. The Kier molecular flexibility index (Phi) is 5.22. The average Bonchev–Trinajstić information content (AvgIpc) is 2.95. The molecule has 2 heterocycles. The van der Waals surface area contributed by atoms with E-state index in [1.807, 2.05) is 38.1 Å². The predicted octanol–water partition coefficient (Wildman–Crippen LogP) is 2.05. The van der Waals surface area contributed by atoms with Crippen molar-refractivity contribution in [2.24, 2.45) is 0 Å². The molecule has 1 fully saturated rings. The molecular weight excluding hydrogens is 352 g/mol. The van der Waals surface area contributed by atoms with E-state index in [2.05, 4.69) is 15.3 Å². The molecule has 0 saturated carbocycles. The quantitative estimate of drug-likeness (QED) is 0.861. The molecule has 3 rings (SSSR count). The minimum Gasteiger partial charge on any atom is -0.350 e. The van der Waals surface area contributed by atoms with E-state index in [-0.39, 0.29) is 23.5 Å². The summed E-state index contributed by atoms with van der Waals surface area (Å²) < 4.78 is 23.0. The number of nitrogens with zero attached hydrogens (tertiary/aromatic N) is 3. The molecule has 1 atom stereocenters. The molecule has 1 amide bonds. The van der Waals surface area contributed by atoms with E-state index < -0.39 is 9.84 Å². The van der Waals surface area contributed by atoms with Crippen LogP contribution in [0.5, 0.6) is 0 Å². The zero-order valence-corrected chi connectivity index (χ0v) is 15.7. The van der Waals surface area contributed by atoms with Crippen LogP contribution in [0.15, 0.2) is 36.7 Å². The second kappa shape index (κ2) is 7.41. The SMILES string of the molecule is CCN(C(=O)c1cnc(NC2CCS(=O)(=O)C2)nc1)c1cccc(C)c1. The smallest absolute Gasteiger partial charge is 0.261 e. The van der Waals surface area contributed by atoms with Crippen molar-refractivity contribution >= 4 is 27.4 Å². The monoisotopic (exact) mass is 374 g/mol. The standard InChI is InChI=1S/C18H22N4O3S/c1-3-22(16-6-4-5-13(2)9-16)17(23)14-10-19-18(20-11-14)21-15-7-8-26(24,25)12-15/h4-6,9-11,15H,3,7-8,12H2,1-2H3,(H,19,20,21). The fourth-order valence-corrected chi connectivity index (χ4v) is 4.67. The summed E-state index contributed by atoms with van der Waals surface area (Å²) >= 11 is 0. The molecule has 26 heavy (non-hydrogen) atoms. The van der Waals surface area contributed by atoms with Crippen LogP contribution in [0.1, 0.15) is 29.3 Å². The maximum absolute atomic E-state index is 12.8. The van der Waals surface area contributed by atoms with Gasteiger partial charge in [-0.15, -0.1) is 0 Å². The molecule has 2 aromatic rings. The van der Waals surface area contributed by atoms with Crippen LogP contribution in [0.4, 0.5) is 11.6 Å². The van der Waals surface area contributed by atoms with E-state index in [0.717, 1.165) is 11.3 Å². The van der Waals surface area contributed by atoms with Crippen LogP contribution in [0, 0.1) is 6.92 Å². The van der Waals surface area contributed by atoms with Gasteiger partial charge in [0.2, 0.25) is 5.95 Å². The van der Waals surface area contributed by atoms with Gasteiger partial charge in [0.15, 0.2) is 9.84 Å². The molecule has 1 aliphatic rings. The summed E-state index contributed by atoms with van der Waals surface area (Å²) in [7, 11) is -2.96. The molecule has 0 aliphatic carbocycles. The number of aryl methyl sites for hydroxylation is 1. The van der Waals surface area contributed by atoms with Crippen molar-refractivity contribution in [1.29, 1.82) is 0 Å². The normalized spacial score (nSPS) is 18.5. The summed E-state index contributed by atoms with van der Waals surface area (Å²) in [5.41, 5.74) is 2.30. The van der Waals surface area contributed by atoms with E-state index >= 15 is 0 Å². The molecule has 0 radical (unpaired) electrons. The number of rotatable bonds is 5. The Morgan fingerprint density at radius 2 is 2.04 bits per heavy atom. The summed E-state index contributed by atoms with van der Waals surface area (Å²) in [5, 5.41) is 3.02. The average molecular weight is 374 g/mol. The molecule has 138 valence electrons. The van der Waals surface area contributed by atoms with Crippen molar-refractivity contribution in [3.05, 3.63) is 47.8 Å². The number of sulfone groups is 1. The fraction of sp³-hybridized carbons (Fsp3) is 0.389. The van der Waals surface area contributed by atoms with Crippen LogP contribution >= 0.6 is 0 Å². The molecule has 1 unspecified atom stereocenters. The van der Waals surface area contributed by atoms with Gasteiger partial charge in [-0.2, -0.15) is 0 Å². The van der Waals surface area contributed by atoms with Gasteiger partial charge >= 0.3 is 0 Å². The van der Waals surface area contributed by atoms with Crippen molar-refractivity contribution < 1.29 is 13.2 Å². The summed E-state index contributed by atoms with van der Waals surface area (Å²) in [5.74, 6) is 0.437. The van der Waals surface area contributed by atoms with Crippen LogP contribution in [-0.2, 0) is 9.84 Å². The number of hydrogen-bond acceptors (Lipinski definition) is 6. The molecule has 1 aromatic heterocycles. The molecule has 1 saturated heterocycles. The number of carbonyl (C=O) groups excluding carboxylic acids is 1. The van der Waals surface area contributed by atoms with E-state index in [9.17, 15) is 13.2 Å². The van der Waals surface area contributed by atoms with Crippen molar-refractivity contribution in [2.45, 2.75) is 26.3 Å². The Morgan fingerprint density at radius 3 is 2.62 bits per heavy atom. The number of benzene rings is 1. The van der Waals surface area contributed by atoms with Gasteiger partial charge in [0.1, 0.15) is 0 Å². The van der Waals surface area contributed by atoms with Crippen LogP contribution in [0.25, 0.3) is 0 Å². The van der Waals surface area contributed by atoms with Gasteiger partial charge in [-0.05, 0) is 38.0 Å². The number of hydrogen-bond donors (Lipinski definition) is 1. The lowest BCUT2D eigenvalue weighted by molar-refractivity contribution is 0.0987. The van der Waals surface area contributed by atoms with Gasteiger partial charge in [0.25, 0.3) is 5.91 Å². The van der Waals surface area contributed by atoms with Crippen molar-refractivity contribution in [3.63, 3.8) is 0 Å². The topological polar surface area (TPSA) is 92.3 Å². The number of nitrogens with one attached hydrogen (secondary N) is 1. The van der Waals surface area contributed by atoms with Gasteiger partial charge in [-0.25, -0.2) is 18.4 Å². The minimum absolute atomic E-state index is 0.0913. The van der Waals surface area contributed by atoms with Crippen molar-refractivity contribution in [2.75, 3.05) is 28.3 Å². The highest BCUT2D eigenvalue weighted by Crippen LogP contribution is 2.19. The third-order valence-electron chi connectivity index (χ3n) is 4.34. The van der Waals surface area contributed by atoms with Gasteiger partial charge in [-0.3, -0.25) is 4.79 Å². The summed E-state index contributed by atoms with van der Waals surface area (Å²) in [6.45, 7) is 4.42. The highest BCUT2D eigenvalue weighted by Gasteiger charge is 2.28. The molecule has 1 aromatic carbocycles. The Bertz CT molecular complexity index is 897. The first-order valence-electron chi connectivity index (χ1n) is 8.55. The number of carbonyl (C=O) groups is 1. The predicted molar refractivity (Wildman–Crippen MR) is 101 cm³/mol. The maximum atomic E-state index is 12.8. The van der Waals surface area contributed by atoms with Crippen LogP contribution in [-0.4, -0.2) is 48.4 Å². The number of amides is 1. The molecule has 0 spiro atoms. The van der Waals surface area contributed by atoms with Gasteiger partial charge in [0, 0.05) is 30.7 Å². The molecule has 0 bridgehead atoms. The molecular formula is C18H22N4O3S. The molecule has 8 heteroatoms. The lowest BCUT2D eigenvalue weighted by atomic mass is 10.2. The fourth-order valence-electron chi connectivity index (χ4n) is 3.00. The Morgan fingerprint density at radius 1 is 1.31 bits per heavy atom. The first-order valence-corrected chi connectivity index (χ1v) is 10.4. The lowest BCUT2D eigenvalue weighted by Crippen LogP contribution is -2.31. The summed E-state index contributed by atoms with van der Waals surface area (Å²) in [6.07, 6.45) is 3.49. The minimum atomic E-state index is -2.96. The highest BCUT2D eigenvalue weighted by atomic mass is 32.2. The van der Waals surface area contributed by atoms with E-state index in [0.29, 0.717) is 24.5 Å². The zero-order chi connectivity index (χ0) is 18.7.